The van der Waals surface area contributed by atoms with Gasteiger partial charge in [0.15, 0.2) is 0 Å². The second kappa shape index (κ2) is 8.78. The number of nitrogens with one attached hydrogen (secondary N) is 1. The molecule has 1 fully saturated rings. The van der Waals surface area contributed by atoms with Crippen molar-refractivity contribution in [2.45, 2.75) is 51.0 Å². The van der Waals surface area contributed by atoms with E-state index in [1.807, 2.05) is 30.3 Å². The molecule has 0 saturated carbocycles. The summed E-state index contributed by atoms with van der Waals surface area (Å²) in [5.74, 6) is -0.0297. The van der Waals surface area contributed by atoms with Crippen LogP contribution in [0.4, 0.5) is 0 Å². The van der Waals surface area contributed by atoms with E-state index in [2.05, 4.69) is 4.72 Å². The molecule has 5 nitrogen and oxygen atoms in total. The van der Waals surface area contributed by atoms with Crippen molar-refractivity contribution in [3.63, 3.8) is 0 Å². The van der Waals surface area contributed by atoms with Gasteiger partial charge in [0.2, 0.25) is 0 Å². The van der Waals surface area contributed by atoms with Gasteiger partial charge >= 0.3 is 0 Å². The summed E-state index contributed by atoms with van der Waals surface area (Å²) in [6.45, 7) is 3.25. The van der Waals surface area contributed by atoms with E-state index in [0.717, 1.165) is 31.2 Å². The van der Waals surface area contributed by atoms with Crippen LogP contribution in [0.5, 0.6) is 0 Å². The van der Waals surface area contributed by atoms with E-state index in [1.165, 1.54) is 0 Å². The van der Waals surface area contributed by atoms with Crippen LogP contribution in [0, 0.1) is 0 Å². The first-order valence-electron chi connectivity index (χ1n) is 8.47. The lowest BCUT2D eigenvalue weighted by atomic mass is 9.94. The Morgan fingerprint density at radius 2 is 1.74 bits per heavy atom. The predicted molar refractivity (Wildman–Crippen MR) is 92.4 cm³/mol. The molecule has 0 amide bonds. The molecule has 0 radical (unpaired) electrons. The molecule has 23 heavy (non-hydrogen) atoms. The molecule has 6 heteroatoms. The van der Waals surface area contributed by atoms with Gasteiger partial charge in [0, 0.05) is 19.6 Å². The van der Waals surface area contributed by atoms with Gasteiger partial charge in [-0.3, -0.25) is 0 Å². The summed E-state index contributed by atoms with van der Waals surface area (Å²) in [4.78, 5) is 0. The number of benzene rings is 1. The van der Waals surface area contributed by atoms with Gasteiger partial charge in [0.1, 0.15) is 0 Å². The monoisotopic (exact) mass is 340 g/mol. The lowest BCUT2D eigenvalue weighted by molar-refractivity contribution is 0.174. The Hall–Kier alpha value is -0.950. The third-order valence-electron chi connectivity index (χ3n) is 4.31. The number of aliphatic hydroxyl groups is 1. The Labute approximate surface area is 139 Å². The number of hydrogen-bond acceptors (Lipinski definition) is 3. The summed E-state index contributed by atoms with van der Waals surface area (Å²) in [7, 11) is -3.44. The molecule has 0 bridgehead atoms. The van der Waals surface area contributed by atoms with Crippen LogP contribution < -0.4 is 4.72 Å². The van der Waals surface area contributed by atoms with Crippen molar-refractivity contribution >= 4 is 10.2 Å². The van der Waals surface area contributed by atoms with Crippen molar-refractivity contribution in [1.29, 1.82) is 0 Å². The Morgan fingerprint density at radius 3 is 2.30 bits per heavy atom. The number of hydrogen-bond donors (Lipinski definition) is 2. The van der Waals surface area contributed by atoms with Crippen LogP contribution in [0.1, 0.15) is 50.5 Å². The molecular weight excluding hydrogens is 312 g/mol. The summed E-state index contributed by atoms with van der Waals surface area (Å²) in [5.41, 5.74) is 1.05. The molecule has 1 saturated heterocycles. The molecule has 0 aromatic heterocycles. The van der Waals surface area contributed by atoms with Crippen LogP contribution in [0.2, 0.25) is 0 Å². The van der Waals surface area contributed by atoms with Gasteiger partial charge < -0.3 is 5.11 Å². The molecule has 0 aliphatic carbocycles. The van der Waals surface area contributed by atoms with Crippen LogP contribution in [-0.4, -0.2) is 43.6 Å². The molecule has 2 N–H and O–H groups in total. The highest BCUT2D eigenvalue weighted by Gasteiger charge is 2.24. The highest BCUT2D eigenvalue weighted by atomic mass is 32.2. The van der Waals surface area contributed by atoms with Crippen molar-refractivity contribution < 1.29 is 13.5 Å². The highest BCUT2D eigenvalue weighted by molar-refractivity contribution is 7.87. The fraction of sp³-hybridized carbons (Fsp3) is 0.647. The SMILES string of the molecule is CC(O)CC(CNS(=O)(=O)N1CCCCCC1)c1ccccc1. The zero-order valence-corrected chi connectivity index (χ0v) is 14.6. The topological polar surface area (TPSA) is 69.6 Å². The molecule has 1 heterocycles. The zero-order valence-electron chi connectivity index (χ0n) is 13.8. The largest absolute Gasteiger partial charge is 0.393 e. The van der Waals surface area contributed by atoms with Gasteiger partial charge in [-0.25, -0.2) is 4.72 Å². The van der Waals surface area contributed by atoms with Crippen LogP contribution in [-0.2, 0) is 10.2 Å². The summed E-state index contributed by atoms with van der Waals surface area (Å²) in [6, 6.07) is 9.77. The Bertz CT molecular complexity index is 552. The minimum atomic E-state index is -3.44. The van der Waals surface area contributed by atoms with E-state index in [0.29, 0.717) is 26.1 Å². The van der Waals surface area contributed by atoms with Gasteiger partial charge in [-0.05, 0) is 37.7 Å². The second-order valence-electron chi connectivity index (χ2n) is 6.36. The first kappa shape index (κ1) is 18.4. The normalized spacial score (nSPS) is 19.9. The number of aliphatic hydroxyl groups excluding tert-OH is 1. The lowest BCUT2D eigenvalue weighted by Gasteiger charge is -2.24. The zero-order chi connectivity index (χ0) is 16.7. The van der Waals surface area contributed by atoms with Gasteiger partial charge in [0.05, 0.1) is 6.10 Å². The van der Waals surface area contributed by atoms with Gasteiger partial charge in [0.25, 0.3) is 10.2 Å². The lowest BCUT2D eigenvalue weighted by Crippen LogP contribution is -2.42. The minimum absolute atomic E-state index is 0.0297. The van der Waals surface area contributed by atoms with Crippen LogP contribution >= 0.6 is 0 Å². The third kappa shape index (κ3) is 5.88. The van der Waals surface area contributed by atoms with Gasteiger partial charge in [-0.1, -0.05) is 43.2 Å². The third-order valence-corrected chi connectivity index (χ3v) is 5.89. The molecule has 1 aromatic rings. The number of nitrogens with zero attached hydrogens (tertiary/aromatic N) is 1. The molecule has 1 aliphatic heterocycles. The fourth-order valence-corrected chi connectivity index (χ4v) is 4.39. The second-order valence-corrected chi connectivity index (χ2v) is 8.11. The average molecular weight is 340 g/mol. The van der Waals surface area contributed by atoms with E-state index >= 15 is 0 Å². The average Bonchev–Trinajstić information content (AvgIpc) is 2.82. The van der Waals surface area contributed by atoms with Crippen molar-refractivity contribution in [3.05, 3.63) is 35.9 Å². The van der Waals surface area contributed by atoms with E-state index in [-0.39, 0.29) is 5.92 Å². The predicted octanol–water partition coefficient (Wildman–Crippen LogP) is 2.25. The Balaban J connectivity index is 2.02. The van der Waals surface area contributed by atoms with E-state index in [1.54, 1.807) is 11.2 Å². The first-order valence-corrected chi connectivity index (χ1v) is 9.91. The molecule has 130 valence electrons. The van der Waals surface area contributed by atoms with Crippen LogP contribution in [0.3, 0.4) is 0 Å². The maximum absolute atomic E-state index is 12.5. The van der Waals surface area contributed by atoms with E-state index in [4.69, 9.17) is 0 Å². The summed E-state index contributed by atoms with van der Waals surface area (Å²) < 4.78 is 29.3. The van der Waals surface area contributed by atoms with Crippen molar-refractivity contribution in [1.82, 2.24) is 9.03 Å². The fourth-order valence-electron chi connectivity index (χ4n) is 3.05. The Morgan fingerprint density at radius 1 is 1.13 bits per heavy atom. The number of rotatable bonds is 7. The molecule has 0 spiro atoms. The molecule has 2 unspecified atom stereocenters. The molecule has 2 rings (SSSR count). The van der Waals surface area contributed by atoms with E-state index in [9.17, 15) is 13.5 Å². The first-order chi connectivity index (χ1) is 11.0. The standard InChI is InChI=1S/C17H28N2O3S/c1-15(20)13-17(16-9-5-4-6-10-16)14-18-23(21,22)19-11-7-2-3-8-12-19/h4-6,9-10,15,17-18,20H,2-3,7-8,11-14H2,1H3. The van der Waals surface area contributed by atoms with Crippen molar-refractivity contribution in [3.8, 4) is 0 Å². The Kier molecular flexibility index (Phi) is 7.02. The van der Waals surface area contributed by atoms with Gasteiger partial charge in [-0.2, -0.15) is 12.7 Å². The quantitative estimate of drug-likeness (QED) is 0.800. The molecule has 2 atom stereocenters. The summed E-state index contributed by atoms with van der Waals surface area (Å²) >= 11 is 0. The molecular formula is C17H28N2O3S. The molecule has 1 aliphatic rings. The van der Waals surface area contributed by atoms with Crippen molar-refractivity contribution in [2.75, 3.05) is 19.6 Å². The summed E-state index contributed by atoms with van der Waals surface area (Å²) in [6.07, 6.45) is 4.12. The van der Waals surface area contributed by atoms with Crippen LogP contribution in [0.15, 0.2) is 30.3 Å². The molecule has 1 aromatic carbocycles. The van der Waals surface area contributed by atoms with Gasteiger partial charge in [-0.15, -0.1) is 0 Å². The highest BCUT2D eigenvalue weighted by Crippen LogP contribution is 2.21. The minimum Gasteiger partial charge on any atom is -0.393 e. The maximum Gasteiger partial charge on any atom is 0.279 e. The van der Waals surface area contributed by atoms with Crippen molar-refractivity contribution in [2.24, 2.45) is 0 Å². The summed E-state index contributed by atoms with van der Waals surface area (Å²) in [5, 5.41) is 9.71. The smallest absolute Gasteiger partial charge is 0.279 e. The maximum atomic E-state index is 12.5. The van der Waals surface area contributed by atoms with Crippen LogP contribution in [0.25, 0.3) is 0 Å². The van der Waals surface area contributed by atoms with E-state index < -0.39 is 16.3 Å².